The Labute approximate surface area is 129 Å². The molecular formula is C16H19N5O. The fraction of sp³-hybridized carbons (Fsp3) is 0.500. The zero-order chi connectivity index (χ0) is 15.7. The Kier molecular flexibility index (Phi) is 3.57. The van der Waals surface area contributed by atoms with Gasteiger partial charge in [-0.1, -0.05) is 19.3 Å². The zero-order valence-electron chi connectivity index (χ0n) is 12.9. The number of hydrogen-bond donors (Lipinski definition) is 1. The predicted octanol–water partition coefficient (Wildman–Crippen LogP) is 2.23. The van der Waals surface area contributed by atoms with Crippen molar-refractivity contribution < 1.29 is 4.79 Å². The summed E-state index contributed by atoms with van der Waals surface area (Å²) in [5, 5.41) is 17.4. The number of hydrogen-bond acceptors (Lipinski definition) is 4. The quantitative estimate of drug-likeness (QED) is 0.921. The lowest BCUT2D eigenvalue weighted by Gasteiger charge is -2.31. The Morgan fingerprint density at radius 1 is 1.41 bits per heavy atom. The number of pyridine rings is 1. The summed E-state index contributed by atoms with van der Waals surface area (Å²) >= 11 is 0. The second-order valence-corrected chi connectivity index (χ2v) is 6.03. The topological polar surface area (TPSA) is 83.6 Å². The average Bonchev–Trinajstić information content (AvgIpc) is 2.89. The second kappa shape index (κ2) is 5.41. The number of nitriles is 1. The highest BCUT2D eigenvalue weighted by molar-refractivity contribution is 6.05. The maximum atomic E-state index is 12.7. The van der Waals surface area contributed by atoms with Crippen molar-refractivity contribution in [3.63, 3.8) is 0 Å². The maximum absolute atomic E-state index is 12.7. The van der Waals surface area contributed by atoms with E-state index >= 15 is 0 Å². The molecule has 0 aliphatic heterocycles. The number of carbonyl (C=O) groups excluding carboxylic acids is 1. The molecule has 3 rings (SSSR count). The van der Waals surface area contributed by atoms with Crippen LogP contribution >= 0.6 is 0 Å². The third kappa shape index (κ3) is 2.43. The lowest BCUT2D eigenvalue weighted by molar-refractivity contribution is 0.0904. The van der Waals surface area contributed by atoms with E-state index < -0.39 is 5.54 Å². The van der Waals surface area contributed by atoms with E-state index in [1.807, 2.05) is 6.92 Å². The first-order chi connectivity index (χ1) is 10.5. The molecule has 1 fully saturated rings. The van der Waals surface area contributed by atoms with Gasteiger partial charge >= 0.3 is 0 Å². The molecule has 0 atom stereocenters. The highest BCUT2D eigenvalue weighted by atomic mass is 16.1. The number of aryl methyl sites for hydroxylation is 2. The van der Waals surface area contributed by atoms with Crippen molar-refractivity contribution in [2.45, 2.75) is 44.6 Å². The summed E-state index contributed by atoms with van der Waals surface area (Å²) in [6, 6.07) is 4.07. The maximum Gasteiger partial charge on any atom is 0.253 e. The standard InChI is InChI=1S/C16H19N5O/c1-11-8-12(13-9-18-21(2)14(13)19-11)15(22)20-16(10-17)6-4-3-5-7-16/h8-9H,3-7H2,1-2H3,(H,20,22). The molecule has 1 saturated carbocycles. The van der Waals surface area contributed by atoms with Crippen molar-refractivity contribution in [3.8, 4) is 6.07 Å². The molecule has 6 nitrogen and oxygen atoms in total. The lowest BCUT2D eigenvalue weighted by Crippen LogP contribution is -2.48. The van der Waals surface area contributed by atoms with Gasteiger partial charge in [0.25, 0.3) is 5.91 Å². The van der Waals surface area contributed by atoms with Crippen LogP contribution in [-0.2, 0) is 7.05 Å². The van der Waals surface area contributed by atoms with Gasteiger partial charge in [0.15, 0.2) is 5.65 Å². The molecular weight excluding hydrogens is 278 g/mol. The van der Waals surface area contributed by atoms with E-state index in [1.165, 1.54) is 0 Å². The molecule has 0 spiro atoms. The van der Waals surface area contributed by atoms with E-state index in [-0.39, 0.29) is 5.91 Å². The highest BCUT2D eigenvalue weighted by Crippen LogP contribution is 2.28. The summed E-state index contributed by atoms with van der Waals surface area (Å²) in [5.41, 5.74) is 1.24. The molecule has 1 amide bonds. The molecule has 1 aliphatic carbocycles. The average molecular weight is 297 g/mol. The first-order valence-corrected chi connectivity index (χ1v) is 7.58. The van der Waals surface area contributed by atoms with Crippen LogP contribution in [0.4, 0.5) is 0 Å². The Hall–Kier alpha value is -2.42. The molecule has 0 unspecified atom stereocenters. The molecule has 2 aromatic heterocycles. The molecule has 0 radical (unpaired) electrons. The summed E-state index contributed by atoms with van der Waals surface area (Å²) in [4.78, 5) is 17.1. The fourth-order valence-electron chi connectivity index (χ4n) is 3.13. The number of fused-ring (bicyclic) bond motifs is 1. The van der Waals surface area contributed by atoms with Gasteiger partial charge in [-0.2, -0.15) is 10.4 Å². The van der Waals surface area contributed by atoms with Gasteiger partial charge < -0.3 is 5.32 Å². The molecule has 114 valence electrons. The van der Waals surface area contributed by atoms with Crippen LogP contribution in [0.2, 0.25) is 0 Å². The van der Waals surface area contributed by atoms with Crippen LogP contribution in [0.5, 0.6) is 0 Å². The number of aromatic nitrogens is 3. The largest absolute Gasteiger partial charge is 0.334 e. The monoisotopic (exact) mass is 297 g/mol. The van der Waals surface area contributed by atoms with Crippen LogP contribution < -0.4 is 5.32 Å². The van der Waals surface area contributed by atoms with Gasteiger partial charge in [0.05, 0.1) is 23.2 Å². The molecule has 1 aliphatic rings. The molecule has 0 saturated heterocycles. The third-order valence-electron chi connectivity index (χ3n) is 4.35. The number of amides is 1. The minimum absolute atomic E-state index is 0.216. The Morgan fingerprint density at radius 3 is 2.82 bits per heavy atom. The van der Waals surface area contributed by atoms with Crippen molar-refractivity contribution in [3.05, 3.63) is 23.5 Å². The van der Waals surface area contributed by atoms with E-state index in [1.54, 1.807) is 24.0 Å². The molecule has 22 heavy (non-hydrogen) atoms. The van der Waals surface area contributed by atoms with Crippen LogP contribution in [0.15, 0.2) is 12.3 Å². The Morgan fingerprint density at radius 2 is 2.14 bits per heavy atom. The number of nitrogens with zero attached hydrogens (tertiary/aromatic N) is 4. The summed E-state index contributed by atoms with van der Waals surface area (Å²) in [5.74, 6) is -0.216. The summed E-state index contributed by atoms with van der Waals surface area (Å²) < 4.78 is 1.65. The molecule has 0 aromatic carbocycles. The molecule has 1 N–H and O–H groups in total. The van der Waals surface area contributed by atoms with E-state index in [0.29, 0.717) is 11.2 Å². The predicted molar refractivity (Wildman–Crippen MR) is 82.1 cm³/mol. The Bertz CT molecular complexity index is 765. The molecule has 6 heteroatoms. The van der Waals surface area contributed by atoms with Crippen LogP contribution in [-0.4, -0.2) is 26.2 Å². The first-order valence-electron chi connectivity index (χ1n) is 7.58. The number of nitrogens with one attached hydrogen (secondary N) is 1. The number of rotatable bonds is 2. The summed E-state index contributed by atoms with van der Waals surface area (Å²) in [6.45, 7) is 1.85. The first kappa shape index (κ1) is 14.5. The van der Waals surface area contributed by atoms with Gasteiger partial charge in [0.1, 0.15) is 5.54 Å². The SMILES string of the molecule is Cc1cc(C(=O)NC2(C#N)CCCCC2)c2cnn(C)c2n1. The van der Waals surface area contributed by atoms with E-state index in [9.17, 15) is 10.1 Å². The third-order valence-corrected chi connectivity index (χ3v) is 4.35. The highest BCUT2D eigenvalue weighted by Gasteiger charge is 2.34. The van der Waals surface area contributed by atoms with E-state index in [0.717, 1.165) is 43.2 Å². The van der Waals surface area contributed by atoms with Crippen molar-refractivity contribution in [2.75, 3.05) is 0 Å². The van der Waals surface area contributed by atoms with Gasteiger partial charge in [-0.25, -0.2) is 4.98 Å². The second-order valence-electron chi connectivity index (χ2n) is 6.03. The minimum Gasteiger partial charge on any atom is -0.334 e. The fourth-order valence-corrected chi connectivity index (χ4v) is 3.13. The summed E-state index contributed by atoms with van der Waals surface area (Å²) in [6.07, 6.45) is 6.17. The minimum atomic E-state index is -0.735. The normalized spacial score (nSPS) is 17.1. The van der Waals surface area contributed by atoms with Crippen LogP contribution in [0, 0.1) is 18.3 Å². The van der Waals surface area contributed by atoms with E-state index in [4.69, 9.17) is 0 Å². The Balaban J connectivity index is 1.97. The lowest BCUT2D eigenvalue weighted by atomic mass is 9.82. The molecule has 0 bridgehead atoms. The molecule has 2 aromatic rings. The van der Waals surface area contributed by atoms with Gasteiger partial charge in [-0.15, -0.1) is 0 Å². The van der Waals surface area contributed by atoms with Crippen LogP contribution in [0.1, 0.15) is 48.2 Å². The summed E-state index contributed by atoms with van der Waals surface area (Å²) in [7, 11) is 1.80. The van der Waals surface area contributed by atoms with Gasteiger partial charge in [-0.3, -0.25) is 9.48 Å². The molecule has 2 heterocycles. The van der Waals surface area contributed by atoms with E-state index in [2.05, 4.69) is 21.5 Å². The van der Waals surface area contributed by atoms with Crippen LogP contribution in [0.3, 0.4) is 0 Å². The van der Waals surface area contributed by atoms with Crippen molar-refractivity contribution >= 4 is 16.9 Å². The zero-order valence-corrected chi connectivity index (χ0v) is 12.9. The number of carbonyl (C=O) groups is 1. The van der Waals surface area contributed by atoms with Crippen molar-refractivity contribution in [1.82, 2.24) is 20.1 Å². The van der Waals surface area contributed by atoms with Gasteiger partial charge in [-0.05, 0) is 25.8 Å². The van der Waals surface area contributed by atoms with Crippen LogP contribution in [0.25, 0.3) is 11.0 Å². The van der Waals surface area contributed by atoms with Gasteiger partial charge in [0.2, 0.25) is 0 Å². The van der Waals surface area contributed by atoms with Crippen molar-refractivity contribution in [2.24, 2.45) is 7.05 Å². The van der Waals surface area contributed by atoms with Gasteiger partial charge in [0, 0.05) is 12.7 Å². The smallest absolute Gasteiger partial charge is 0.253 e. The van der Waals surface area contributed by atoms with Crippen molar-refractivity contribution in [1.29, 1.82) is 5.26 Å².